The number of hydrogen-bond acceptors (Lipinski definition) is 5. The van der Waals surface area contributed by atoms with Gasteiger partial charge in [-0.25, -0.2) is 9.59 Å². The maximum absolute atomic E-state index is 12.6. The van der Waals surface area contributed by atoms with Crippen LogP contribution in [0.15, 0.2) is 11.3 Å². The van der Waals surface area contributed by atoms with Crippen LogP contribution < -0.4 is 10.6 Å². The highest BCUT2D eigenvalue weighted by Gasteiger charge is 2.27. The lowest BCUT2D eigenvalue weighted by molar-refractivity contribution is -0.140. The molecule has 2 amide bonds. The van der Waals surface area contributed by atoms with Crippen molar-refractivity contribution in [3.8, 4) is 0 Å². The summed E-state index contributed by atoms with van der Waals surface area (Å²) < 4.78 is 10.2. The Kier molecular flexibility index (Phi) is 9.23. The molecule has 0 unspecified atom stereocenters. The molecule has 2 N–H and O–H groups in total. The molecule has 0 aliphatic heterocycles. The molecule has 0 aliphatic carbocycles. The van der Waals surface area contributed by atoms with Crippen LogP contribution in [0, 0.1) is 5.92 Å². The Labute approximate surface area is 150 Å². The fourth-order valence-electron chi connectivity index (χ4n) is 1.95. The van der Waals surface area contributed by atoms with Crippen LogP contribution in [0.3, 0.4) is 0 Å². The van der Waals surface area contributed by atoms with Gasteiger partial charge in [0.2, 0.25) is 5.91 Å². The number of esters is 1. The maximum Gasteiger partial charge on any atom is 0.408 e. The van der Waals surface area contributed by atoms with Crippen LogP contribution in [0.4, 0.5) is 4.79 Å². The van der Waals surface area contributed by atoms with Crippen LogP contribution in [0.5, 0.6) is 0 Å². The maximum atomic E-state index is 12.6. The summed E-state index contributed by atoms with van der Waals surface area (Å²) in [5, 5.41) is 5.14. The van der Waals surface area contributed by atoms with Gasteiger partial charge in [-0.2, -0.15) is 0 Å². The Morgan fingerprint density at radius 2 is 1.64 bits per heavy atom. The smallest absolute Gasteiger partial charge is 0.408 e. The number of amides is 2. The van der Waals surface area contributed by atoms with Gasteiger partial charge < -0.3 is 20.1 Å². The van der Waals surface area contributed by atoms with Gasteiger partial charge in [0.15, 0.2) is 0 Å². The van der Waals surface area contributed by atoms with Gasteiger partial charge in [-0.1, -0.05) is 13.8 Å². The van der Waals surface area contributed by atoms with Gasteiger partial charge in [-0.3, -0.25) is 4.79 Å². The third kappa shape index (κ3) is 9.74. The summed E-state index contributed by atoms with van der Waals surface area (Å²) in [7, 11) is 0. The number of allylic oxidation sites excluding steroid dienone is 1. The first-order valence-corrected chi connectivity index (χ1v) is 8.52. The van der Waals surface area contributed by atoms with E-state index in [4.69, 9.17) is 9.47 Å². The predicted octanol–water partition coefficient (Wildman–Crippen LogP) is 2.90. The first kappa shape index (κ1) is 22.9. The zero-order valence-corrected chi connectivity index (χ0v) is 16.6. The molecule has 0 saturated carbocycles. The average Bonchev–Trinajstić information content (AvgIpc) is 2.40. The van der Waals surface area contributed by atoms with Gasteiger partial charge in [0.25, 0.3) is 0 Å². The third-order valence-corrected chi connectivity index (χ3v) is 2.94. The van der Waals surface area contributed by atoms with E-state index in [9.17, 15) is 14.4 Å². The Hall–Kier alpha value is -2.05. The monoisotopic (exact) mass is 356 g/mol. The lowest BCUT2D eigenvalue weighted by atomic mass is 10.0. The molecule has 0 aromatic rings. The van der Waals surface area contributed by atoms with Crippen molar-refractivity contribution < 1.29 is 23.9 Å². The Morgan fingerprint density at radius 1 is 1.08 bits per heavy atom. The molecule has 25 heavy (non-hydrogen) atoms. The molecule has 0 spiro atoms. The zero-order chi connectivity index (χ0) is 19.8. The van der Waals surface area contributed by atoms with Crippen molar-refractivity contribution in [3.63, 3.8) is 0 Å². The van der Waals surface area contributed by atoms with Crippen LogP contribution in [0.1, 0.15) is 61.8 Å². The van der Waals surface area contributed by atoms with Gasteiger partial charge in [-0.05, 0) is 59.5 Å². The minimum absolute atomic E-state index is 0.0894. The molecule has 0 fully saturated rings. The van der Waals surface area contributed by atoms with Crippen molar-refractivity contribution >= 4 is 18.0 Å². The molecular weight excluding hydrogens is 324 g/mol. The predicted molar refractivity (Wildman–Crippen MR) is 95.8 cm³/mol. The second kappa shape index (κ2) is 10.1. The molecule has 0 aromatic carbocycles. The summed E-state index contributed by atoms with van der Waals surface area (Å²) in [5.41, 5.74) is 0.0397. The van der Waals surface area contributed by atoms with Crippen LogP contribution in [0.2, 0.25) is 0 Å². The summed E-state index contributed by atoms with van der Waals surface area (Å²) in [4.78, 5) is 36.5. The first-order chi connectivity index (χ1) is 11.4. The third-order valence-electron chi connectivity index (χ3n) is 2.94. The highest BCUT2D eigenvalue weighted by atomic mass is 16.6. The Bertz CT molecular complexity index is 514. The number of ether oxygens (including phenoxy) is 2. The molecule has 0 aromatic heterocycles. The van der Waals surface area contributed by atoms with Crippen molar-refractivity contribution in [3.05, 3.63) is 11.3 Å². The number of rotatable bonds is 7. The minimum atomic E-state index is -0.821. The van der Waals surface area contributed by atoms with Crippen LogP contribution >= 0.6 is 0 Å². The van der Waals surface area contributed by atoms with Gasteiger partial charge in [0.05, 0.1) is 6.61 Å². The Morgan fingerprint density at radius 3 is 2.04 bits per heavy atom. The van der Waals surface area contributed by atoms with Crippen LogP contribution in [-0.2, 0) is 19.1 Å². The fraction of sp³-hybridized carbons (Fsp3) is 0.722. The molecule has 0 heterocycles. The topological polar surface area (TPSA) is 93.7 Å². The molecule has 0 radical (unpaired) electrons. The lowest BCUT2D eigenvalue weighted by Crippen LogP contribution is -2.49. The molecule has 0 rings (SSSR count). The van der Waals surface area contributed by atoms with E-state index < -0.39 is 29.6 Å². The fourth-order valence-corrected chi connectivity index (χ4v) is 1.95. The Balaban J connectivity index is 5.20. The quantitative estimate of drug-likeness (QED) is 0.540. The lowest BCUT2D eigenvalue weighted by Gasteiger charge is -2.24. The van der Waals surface area contributed by atoms with E-state index in [-0.39, 0.29) is 18.2 Å². The van der Waals surface area contributed by atoms with Crippen molar-refractivity contribution in [1.82, 2.24) is 10.6 Å². The average molecular weight is 356 g/mol. The van der Waals surface area contributed by atoms with Gasteiger partial charge in [0.1, 0.15) is 17.3 Å². The van der Waals surface area contributed by atoms with E-state index in [1.165, 1.54) is 0 Å². The zero-order valence-electron chi connectivity index (χ0n) is 16.6. The highest BCUT2D eigenvalue weighted by molar-refractivity contribution is 5.96. The van der Waals surface area contributed by atoms with E-state index in [0.717, 1.165) is 0 Å². The number of carbonyl (C=O) groups is 3. The summed E-state index contributed by atoms with van der Waals surface area (Å²) >= 11 is 0. The van der Waals surface area contributed by atoms with E-state index in [0.29, 0.717) is 12.0 Å². The van der Waals surface area contributed by atoms with Crippen molar-refractivity contribution in [2.24, 2.45) is 5.92 Å². The second-order valence-electron chi connectivity index (χ2n) is 7.41. The van der Waals surface area contributed by atoms with Crippen molar-refractivity contribution in [2.75, 3.05) is 6.61 Å². The minimum Gasteiger partial charge on any atom is -0.461 e. The number of hydrogen-bond donors (Lipinski definition) is 2. The number of nitrogens with one attached hydrogen (secondary N) is 2. The molecule has 0 bridgehead atoms. The summed E-state index contributed by atoms with van der Waals surface area (Å²) in [6.45, 7) is 14.4. The molecular formula is C18H32N2O5. The normalized spacial score (nSPS) is 12.2. The van der Waals surface area contributed by atoms with Gasteiger partial charge in [0, 0.05) is 0 Å². The first-order valence-electron chi connectivity index (χ1n) is 8.52. The molecule has 1 atom stereocenters. The molecule has 7 nitrogen and oxygen atoms in total. The molecule has 0 saturated heterocycles. The highest BCUT2D eigenvalue weighted by Crippen LogP contribution is 2.11. The molecule has 7 heteroatoms. The van der Waals surface area contributed by atoms with E-state index in [2.05, 4.69) is 10.6 Å². The molecule has 144 valence electrons. The summed E-state index contributed by atoms with van der Waals surface area (Å²) in [6, 6.07) is -0.821. The number of carbonyl (C=O) groups excluding carboxylic acids is 3. The van der Waals surface area contributed by atoms with Crippen LogP contribution in [0.25, 0.3) is 0 Å². The largest absolute Gasteiger partial charge is 0.461 e. The van der Waals surface area contributed by atoms with E-state index in [1.54, 1.807) is 41.5 Å². The van der Waals surface area contributed by atoms with E-state index >= 15 is 0 Å². The summed E-state index contributed by atoms with van der Waals surface area (Å²) in [6.07, 6.45) is -0.271. The van der Waals surface area contributed by atoms with Crippen LogP contribution in [-0.4, -0.2) is 36.2 Å². The SMILES string of the molecule is CCOC(=O)C(NC(=O)[C@H](CC(C)C)NC(=O)OC(C)(C)C)=C(C)C. The summed E-state index contributed by atoms with van der Waals surface area (Å²) in [5.74, 6) is -0.927. The van der Waals surface area contributed by atoms with Crippen molar-refractivity contribution in [2.45, 2.75) is 73.5 Å². The van der Waals surface area contributed by atoms with Crippen molar-refractivity contribution in [1.29, 1.82) is 0 Å². The van der Waals surface area contributed by atoms with Gasteiger partial charge >= 0.3 is 12.1 Å². The molecule has 0 aliphatic rings. The van der Waals surface area contributed by atoms with E-state index in [1.807, 2.05) is 13.8 Å². The van der Waals surface area contributed by atoms with Gasteiger partial charge in [-0.15, -0.1) is 0 Å². The second-order valence-corrected chi connectivity index (χ2v) is 7.41. The standard InChI is InChI=1S/C18H32N2O5/c1-9-24-16(22)14(12(4)5)20-15(21)13(10-11(2)3)19-17(23)25-18(6,7)8/h11,13H,9-10H2,1-8H3,(H,19,23)(H,20,21)/t13-/m0/s1. The number of alkyl carbamates (subject to hydrolysis) is 1.